The van der Waals surface area contributed by atoms with Gasteiger partial charge in [0, 0.05) is 61.7 Å². The largest absolute Gasteiger partial charge is 0.444 e. The number of fused-ring (bicyclic) bond motifs is 1. The van der Waals surface area contributed by atoms with Gasteiger partial charge in [-0.25, -0.2) is 19.7 Å². The molecular weight excluding hydrogens is 380 g/mol. The van der Waals surface area contributed by atoms with Gasteiger partial charge in [-0.3, -0.25) is 0 Å². The number of H-pyrrole nitrogens is 1. The molecule has 0 aromatic carbocycles. The van der Waals surface area contributed by atoms with Gasteiger partial charge >= 0.3 is 6.09 Å². The van der Waals surface area contributed by atoms with Gasteiger partial charge in [-0.1, -0.05) is 0 Å². The highest BCUT2D eigenvalue weighted by atomic mass is 16.6. The van der Waals surface area contributed by atoms with E-state index in [2.05, 4.69) is 24.8 Å². The quantitative estimate of drug-likeness (QED) is 0.708. The Hall–Kier alpha value is -3.16. The molecule has 1 saturated heterocycles. The molecule has 8 nitrogen and oxygen atoms in total. The summed E-state index contributed by atoms with van der Waals surface area (Å²) in [6.07, 6.45) is 10.6. The van der Waals surface area contributed by atoms with Crippen molar-refractivity contribution >= 4 is 22.8 Å². The summed E-state index contributed by atoms with van der Waals surface area (Å²) in [4.78, 5) is 32.7. The van der Waals surface area contributed by atoms with Crippen LogP contribution in [-0.4, -0.2) is 62.7 Å². The summed E-state index contributed by atoms with van der Waals surface area (Å²) in [5, 5.41) is 1.05. The Kier molecular flexibility index (Phi) is 5.32. The SMILES string of the molecule is CN(C(=O)OC(C)(C)C)C1CCCN(c2ccnc3[nH]cc(-c4cncnc4)c23)C1. The fourth-order valence-corrected chi connectivity index (χ4v) is 3.94. The minimum Gasteiger partial charge on any atom is -0.444 e. The van der Waals surface area contributed by atoms with Crippen LogP contribution in [0.15, 0.2) is 37.2 Å². The summed E-state index contributed by atoms with van der Waals surface area (Å²) in [7, 11) is 1.83. The van der Waals surface area contributed by atoms with E-state index in [4.69, 9.17) is 4.74 Å². The van der Waals surface area contributed by atoms with Crippen molar-refractivity contribution in [3.05, 3.63) is 37.2 Å². The third-order valence-electron chi connectivity index (χ3n) is 5.39. The van der Waals surface area contributed by atoms with Crippen molar-refractivity contribution in [1.82, 2.24) is 24.8 Å². The van der Waals surface area contributed by atoms with Gasteiger partial charge in [0.1, 0.15) is 17.6 Å². The molecule has 0 spiro atoms. The maximum absolute atomic E-state index is 12.6. The normalized spacial score (nSPS) is 17.2. The highest BCUT2D eigenvalue weighted by Crippen LogP contribution is 2.35. The molecule has 4 rings (SSSR count). The smallest absolute Gasteiger partial charge is 0.410 e. The molecule has 1 N–H and O–H groups in total. The zero-order chi connectivity index (χ0) is 21.3. The molecule has 1 atom stereocenters. The molecule has 1 aliphatic rings. The number of carbonyl (C=O) groups is 1. The maximum atomic E-state index is 12.6. The number of pyridine rings is 1. The summed E-state index contributed by atoms with van der Waals surface area (Å²) in [6.45, 7) is 7.33. The molecule has 0 radical (unpaired) electrons. The van der Waals surface area contributed by atoms with Crippen molar-refractivity contribution in [3.63, 3.8) is 0 Å². The number of carbonyl (C=O) groups excluding carboxylic acids is 1. The Morgan fingerprint density at radius 2 is 2.07 bits per heavy atom. The summed E-state index contributed by atoms with van der Waals surface area (Å²) in [6, 6.07) is 2.12. The molecule has 0 aliphatic carbocycles. The van der Waals surface area contributed by atoms with Crippen LogP contribution < -0.4 is 4.90 Å². The minimum atomic E-state index is -0.505. The Morgan fingerprint density at radius 3 is 2.80 bits per heavy atom. The van der Waals surface area contributed by atoms with Crippen LogP contribution in [0.5, 0.6) is 0 Å². The zero-order valence-electron chi connectivity index (χ0n) is 17.9. The molecule has 1 aliphatic heterocycles. The third-order valence-corrected chi connectivity index (χ3v) is 5.39. The topological polar surface area (TPSA) is 87.2 Å². The van der Waals surface area contributed by atoms with Crippen LogP contribution in [0, 0.1) is 0 Å². The molecule has 1 unspecified atom stereocenters. The number of aromatic nitrogens is 4. The Labute approximate surface area is 176 Å². The molecule has 0 bridgehead atoms. The standard InChI is InChI=1S/C22H28N6O2/c1-22(2,3)30-21(29)27(4)16-6-5-9-28(13-16)18-7-8-25-20-19(18)17(12-26-20)15-10-23-14-24-11-15/h7-8,10-12,14,16H,5-6,9,13H2,1-4H3,(H,25,26). The first kappa shape index (κ1) is 20.1. The highest BCUT2D eigenvalue weighted by Gasteiger charge is 2.30. The van der Waals surface area contributed by atoms with Gasteiger partial charge in [-0.2, -0.15) is 0 Å². The van der Waals surface area contributed by atoms with Crippen LogP contribution in [0.1, 0.15) is 33.6 Å². The lowest BCUT2D eigenvalue weighted by Gasteiger charge is -2.39. The third kappa shape index (κ3) is 4.08. The summed E-state index contributed by atoms with van der Waals surface area (Å²) in [5.74, 6) is 0. The van der Waals surface area contributed by atoms with Gasteiger partial charge in [0.05, 0.1) is 11.4 Å². The zero-order valence-corrected chi connectivity index (χ0v) is 17.9. The Balaban J connectivity index is 1.63. The van der Waals surface area contributed by atoms with Gasteiger partial charge in [-0.15, -0.1) is 0 Å². The van der Waals surface area contributed by atoms with E-state index >= 15 is 0 Å². The van der Waals surface area contributed by atoms with Crippen LogP contribution in [0.3, 0.4) is 0 Å². The number of aromatic amines is 1. The molecule has 3 aromatic heterocycles. The number of hydrogen-bond donors (Lipinski definition) is 1. The lowest BCUT2D eigenvalue weighted by molar-refractivity contribution is 0.0210. The highest BCUT2D eigenvalue weighted by molar-refractivity contribution is 6.02. The predicted octanol–water partition coefficient (Wildman–Crippen LogP) is 3.86. The van der Waals surface area contributed by atoms with E-state index in [9.17, 15) is 4.79 Å². The van der Waals surface area contributed by atoms with Crippen LogP contribution in [-0.2, 0) is 4.74 Å². The van der Waals surface area contributed by atoms with E-state index < -0.39 is 5.60 Å². The second kappa shape index (κ2) is 7.93. The Bertz CT molecular complexity index is 1030. The monoisotopic (exact) mass is 408 g/mol. The average Bonchev–Trinajstić information content (AvgIpc) is 3.17. The van der Waals surface area contributed by atoms with E-state index in [1.54, 1.807) is 4.90 Å². The van der Waals surface area contributed by atoms with Crippen LogP contribution in [0.2, 0.25) is 0 Å². The number of rotatable bonds is 3. The molecule has 158 valence electrons. The first-order valence-electron chi connectivity index (χ1n) is 10.3. The van der Waals surface area contributed by atoms with Crippen molar-refractivity contribution in [2.24, 2.45) is 0 Å². The number of anilines is 1. The van der Waals surface area contributed by atoms with Gasteiger partial charge < -0.3 is 19.5 Å². The molecule has 3 aromatic rings. The molecule has 0 saturated carbocycles. The fourth-order valence-electron chi connectivity index (χ4n) is 3.94. The Morgan fingerprint density at radius 1 is 1.30 bits per heavy atom. The first-order valence-corrected chi connectivity index (χ1v) is 10.3. The number of ether oxygens (including phenoxy) is 1. The van der Waals surface area contributed by atoms with Gasteiger partial charge in [0.2, 0.25) is 0 Å². The molecule has 30 heavy (non-hydrogen) atoms. The van der Waals surface area contributed by atoms with Crippen molar-refractivity contribution in [3.8, 4) is 11.1 Å². The number of nitrogens with one attached hydrogen (secondary N) is 1. The van der Waals surface area contributed by atoms with Crippen molar-refractivity contribution in [2.75, 3.05) is 25.0 Å². The van der Waals surface area contributed by atoms with Crippen molar-refractivity contribution in [1.29, 1.82) is 0 Å². The van der Waals surface area contributed by atoms with Crippen LogP contribution in [0.25, 0.3) is 22.2 Å². The summed E-state index contributed by atoms with van der Waals surface area (Å²) in [5.41, 5.74) is 3.39. The average molecular weight is 409 g/mol. The number of hydrogen-bond acceptors (Lipinski definition) is 6. The maximum Gasteiger partial charge on any atom is 0.410 e. The number of nitrogens with zero attached hydrogens (tertiary/aromatic N) is 5. The van der Waals surface area contributed by atoms with E-state index in [1.165, 1.54) is 6.33 Å². The van der Waals surface area contributed by atoms with Gasteiger partial charge in [-0.05, 0) is 39.7 Å². The number of piperidine rings is 1. The van der Waals surface area contributed by atoms with Gasteiger partial charge in [0.15, 0.2) is 0 Å². The molecule has 8 heteroatoms. The lowest BCUT2D eigenvalue weighted by atomic mass is 10.0. The van der Waals surface area contributed by atoms with Crippen LogP contribution in [0.4, 0.5) is 10.5 Å². The van der Waals surface area contributed by atoms with E-state index in [0.29, 0.717) is 0 Å². The second-order valence-electron chi connectivity index (χ2n) is 8.72. The van der Waals surface area contributed by atoms with Gasteiger partial charge in [0.25, 0.3) is 0 Å². The summed E-state index contributed by atoms with van der Waals surface area (Å²) < 4.78 is 5.57. The van der Waals surface area contributed by atoms with E-state index in [-0.39, 0.29) is 12.1 Å². The lowest BCUT2D eigenvalue weighted by Crippen LogP contribution is -2.49. The van der Waals surface area contributed by atoms with Crippen LogP contribution >= 0.6 is 0 Å². The molecule has 1 fully saturated rings. The molecular formula is C22H28N6O2. The van der Waals surface area contributed by atoms with Crippen molar-refractivity contribution in [2.45, 2.75) is 45.3 Å². The van der Waals surface area contributed by atoms with E-state index in [0.717, 1.165) is 53.8 Å². The predicted molar refractivity (Wildman–Crippen MR) is 116 cm³/mol. The molecule has 4 heterocycles. The minimum absolute atomic E-state index is 0.0827. The van der Waals surface area contributed by atoms with Crippen molar-refractivity contribution < 1.29 is 9.53 Å². The number of likely N-dealkylation sites (N-methyl/N-ethyl adjacent to an activating group) is 1. The molecule has 1 amide bonds. The first-order chi connectivity index (χ1) is 14.3. The second-order valence-corrected chi connectivity index (χ2v) is 8.72. The van der Waals surface area contributed by atoms with E-state index in [1.807, 2.05) is 58.7 Å². The number of amides is 1. The summed E-state index contributed by atoms with van der Waals surface area (Å²) >= 11 is 0. The fraction of sp³-hybridized carbons (Fsp3) is 0.455.